The van der Waals surface area contributed by atoms with Gasteiger partial charge < -0.3 is 19.4 Å². The van der Waals surface area contributed by atoms with Crippen LogP contribution in [-0.2, 0) is 14.3 Å². The Labute approximate surface area is 180 Å². The third-order valence-corrected chi connectivity index (χ3v) is 5.90. The molecular weight excluding hydrogens is 403 g/mol. The fourth-order valence-corrected chi connectivity index (χ4v) is 4.36. The maximum atomic E-state index is 14.8. The molecule has 8 nitrogen and oxygen atoms in total. The molecule has 3 heterocycles. The highest BCUT2D eigenvalue weighted by molar-refractivity contribution is 5.76. The van der Waals surface area contributed by atoms with Gasteiger partial charge in [0, 0.05) is 31.5 Å². The highest BCUT2D eigenvalue weighted by Crippen LogP contribution is 2.40. The van der Waals surface area contributed by atoms with Gasteiger partial charge in [0.05, 0.1) is 11.7 Å². The zero-order chi connectivity index (χ0) is 22.3. The van der Waals surface area contributed by atoms with Crippen molar-refractivity contribution in [3.05, 3.63) is 23.4 Å². The second-order valence-electron chi connectivity index (χ2n) is 9.48. The van der Waals surface area contributed by atoms with E-state index >= 15 is 0 Å². The van der Waals surface area contributed by atoms with Crippen molar-refractivity contribution in [1.82, 2.24) is 19.9 Å². The van der Waals surface area contributed by atoms with Crippen LogP contribution in [-0.4, -0.2) is 56.7 Å². The molecule has 2 aromatic heterocycles. The lowest BCUT2D eigenvalue weighted by atomic mass is 9.82. The Hall–Kier alpha value is -2.71. The maximum Gasteiger partial charge on any atom is 0.410 e. The smallest absolute Gasteiger partial charge is 0.410 e. The van der Waals surface area contributed by atoms with Gasteiger partial charge in [0.1, 0.15) is 23.3 Å². The number of fused-ring (bicyclic) bond motifs is 1. The van der Waals surface area contributed by atoms with Gasteiger partial charge in [-0.2, -0.15) is 0 Å². The van der Waals surface area contributed by atoms with E-state index in [0.717, 1.165) is 5.82 Å². The van der Waals surface area contributed by atoms with Crippen molar-refractivity contribution in [3.8, 4) is 0 Å². The molecule has 1 amide bonds. The van der Waals surface area contributed by atoms with E-state index in [1.54, 1.807) is 4.90 Å². The van der Waals surface area contributed by atoms with Gasteiger partial charge in [-0.25, -0.2) is 19.2 Å². The molecule has 0 bridgehead atoms. The number of nitrogens with zero attached hydrogens (tertiary/aromatic N) is 3. The summed E-state index contributed by atoms with van der Waals surface area (Å²) in [6.45, 7) is 7.95. The second kappa shape index (κ2) is 8.09. The predicted molar refractivity (Wildman–Crippen MR) is 111 cm³/mol. The molecule has 31 heavy (non-hydrogen) atoms. The number of halogens is 1. The van der Waals surface area contributed by atoms with Crippen molar-refractivity contribution < 1.29 is 23.5 Å². The summed E-state index contributed by atoms with van der Waals surface area (Å²) < 4.78 is 25.5. The number of rotatable bonds is 3. The summed E-state index contributed by atoms with van der Waals surface area (Å²) in [5.74, 6) is 0.224. The minimum absolute atomic E-state index is 0.0346. The van der Waals surface area contributed by atoms with Crippen molar-refractivity contribution >= 4 is 23.2 Å². The number of piperidine rings is 1. The van der Waals surface area contributed by atoms with Crippen molar-refractivity contribution in [1.29, 1.82) is 0 Å². The average molecular weight is 432 g/mol. The number of esters is 1. The topological polar surface area (TPSA) is 97.4 Å². The molecule has 2 aromatic rings. The highest BCUT2D eigenvalue weighted by Gasteiger charge is 2.36. The van der Waals surface area contributed by atoms with E-state index in [1.807, 2.05) is 20.8 Å². The number of nitrogens with one attached hydrogen (secondary N) is 1. The van der Waals surface area contributed by atoms with Crippen LogP contribution in [0.4, 0.5) is 9.18 Å². The molecule has 0 atom stereocenters. The number of carbonyl (C=O) groups is 2. The lowest BCUT2D eigenvalue weighted by Gasteiger charge is -2.33. The van der Waals surface area contributed by atoms with E-state index in [0.29, 0.717) is 55.5 Å². The molecular formula is C22H29FN4O4. The summed E-state index contributed by atoms with van der Waals surface area (Å²) in [7, 11) is 0. The number of amides is 1. The van der Waals surface area contributed by atoms with Crippen LogP contribution < -0.4 is 0 Å². The molecule has 1 saturated carbocycles. The molecule has 1 aliphatic carbocycles. The number of aromatic amines is 1. The molecule has 0 spiro atoms. The molecule has 1 aliphatic heterocycles. The maximum absolute atomic E-state index is 14.8. The van der Waals surface area contributed by atoms with Gasteiger partial charge >= 0.3 is 12.1 Å². The summed E-state index contributed by atoms with van der Waals surface area (Å²) in [5, 5.41) is 0. The molecule has 1 saturated heterocycles. The van der Waals surface area contributed by atoms with Gasteiger partial charge in [0.15, 0.2) is 5.65 Å². The summed E-state index contributed by atoms with van der Waals surface area (Å²) in [6, 6.07) is 0. The van der Waals surface area contributed by atoms with Gasteiger partial charge in [-0.05, 0) is 52.4 Å². The summed E-state index contributed by atoms with van der Waals surface area (Å²) in [6.07, 6.45) is 3.49. The number of carbonyl (C=O) groups excluding carboxylic acids is 2. The number of likely N-dealkylation sites (tertiary alicyclic amines) is 1. The summed E-state index contributed by atoms with van der Waals surface area (Å²) in [4.78, 5) is 37.1. The van der Waals surface area contributed by atoms with E-state index in [-0.39, 0.29) is 35.8 Å². The molecule has 0 radical (unpaired) electrons. The highest BCUT2D eigenvalue weighted by atomic mass is 19.1. The molecule has 4 rings (SSSR count). The van der Waals surface area contributed by atoms with Crippen LogP contribution in [0.1, 0.15) is 76.6 Å². The van der Waals surface area contributed by atoms with Crippen LogP contribution in [0.3, 0.4) is 0 Å². The number of imidazole rings is 1. The van der Waals surface area contributed by atoms with Crippen LogP contribution >= 0.6 is 0 Å². The number of aromatic nitrogens is 3. The lowest BCUT2D eigenvalue weighted by molar-refractivity contribution is -0.151. The van der Waals surface area contributed by atoms with E-state index in [1.165, 1.54) is 13.1 Å². The first kappa shape index (κ1) is 21.5. The van der Waals surface area contributed by atoms with Crippen LogP contribution in [0.2, 0.25) is 0 Å². The zero-order valence-electron chi connectivity index (χ0n) is 18.4. The Balaban J connectivity index is 1.47. The molecule has 168 valence electrons. The number of H-pyrrole nitrogens is 1. The molecule has 0 aromatic carbocycles. The van der Waals surface area contributed by atoms with Gasteiger partial charge in [0.2, 0.25) is 0 Å². The molecule has 2 aliphatic rings. The molecule has 1 N–H and O–H groups in total. The van der Waals surface area contributed by atoms with Crippen molar-refractivity contribution in [3.63, 3.8) is 0 Å². The number of pyridine rings is 1. The Bertz CT molecular complexity index is 985. The first-order chi connectivity index (χ1) is 14.6. The SMILES string of the molecule is CC(=O)OC1CC(c2nc3ncc(F)c(C4CCN(C(=O)OC(C)(C)C)CC4)c3[nH]2)C1. The summed E-state index contributed by atoms with van der Waals surface area (Å²) in [5.41, 5.74) is 1.17. The Kier molecular flexibility index (Phi) is 5.61. The quantitative estimate of drug-likeness (QED) is 0.736. The Morgan fingerprint density at radius 3 is 2.48 bits per heavy atom. The van der Waals surface area contributed by atoms with E-state index in [9.17, 15) is 14.0 Å². The van der Waals surface area contributed by atoms with Crippen molar-refractivity contribution in [2.24, 2.45) is 0 Å². The van der Waals surface area contributed by atoms with E-state index in [4.69, 9.17) is 9.47 Å². The standard InChI is InChI=1S/C22H29FN4O4/c1-12(28)30-15-9-14(10-15)19-25-18-17(16(23)11-24-20(18)26-19)13-5-7-27(8-6-13)21(29)31-22(2,3)4/h11,13-15H,5-10H2,1-4H3,(H,24,25,26). The molecule has 9 heteroatoms. The normalized spacial score (nSPS) is 22.3. The lowest BCUT2D eigenvalue weighted by Crippen LogP contribution is -2.41. The van der Waals surface area contributed by atoms with Crippen molar-refractivity contribution in [2.75, 3.05) is 13.1 Å². The third kappa shape index (κ3) is 4.65. The van der Waals surface area contributed by atoms with Gasteiger partial charge in [-0.3, -0.25) is 4.79 Å². The fraction of sp³-hybridized carbons (Fsp3) is 0.636. The largest absolute Gasteiger partial charge is 0.463 e. The second-order valence-corrected chi connectivity index (χ2v) is 9.48. The predicted octanol–water partition coefficient (Wildman–Crippen LogP) is 4.02. The van der Waals surface area contributed by atoms with Crippen LogP contribution in [0.15, 0.2) is 6.20 Å². The number of hydrogen-bond acceptors (Lipinski definition) is 6. The number of ether oxygens (including phenoxy) is 2. The van der Waals surface area contributed by atoms with Gasteiger partial charge in [0.25, 0.3) is 0 Å². The van der Waals surface area contributed by atoms with E-state index in [2.05, 4.69) is 15.0 Å². The zero-order valence-corrected chi connectivity index (χ0v) is 18.4. The average Bonchev–Trinajstić information content (AvgIpc) is 3.06. The number of hydrogen-bond donors (Lipinski definition) is 1. The Morgan fingerprint density at radius 1 is 1.19 bits per heavy atom. The van der Waals surface area contributed by atoms with Gasteiger partial charge in [-0.15, -0.1) is 0 Å². The minimum Gasteiger partial charge on any atom is -0.463 e. The first-order valence-electron chi connectivity index (χ1n) is 10.8. The Morgan fingerprint density at radius 2 is 1.87 bits per heavy atom. The molecule has 0 unspecified atom stereocenters. The summed E-state index contributed by atoms with van der Waals surface area (Å²) >= 11 is 0. The van der Waals surface area contributed by atoms with E-state index < -0.39 is 5.60 Å². The van der Waals surface area contributed by atoms with Crippen molar-refractivity contribution in [2.45, 2.75) is 76.9 Å². The fourth-order valence-electron chi connectivity index (χ4n) is 4.36. The molecule has 2 fully saturated rings. The first-order valence-corrected chi connectivity index (χ1v) is 10.8. The third-order valence-electron chi connectivity index (χ3n) is 5.90. The minimum atomic E-state index is -0.542. The van der Waals surface area contributed by atoms with Crippen LogP contribution in [0, 0.1) is 5.82 Å². The van der Waals surface area contributed by atoms with Crippen LogP contribution in [0.25, 0.3) is 11.2 Å². The monoisotopic (exact) mass is 432 g/mol. The van der Waals surface area contributed by atoms with Gasteiger partial charge in [-0.1, -0.05) is 0 Å². The van der Waals surface area contributed by atoms with Crippen LogP contribution in [0.5, 0.6) is 0 Å².